The summed E-state index contributed by atoms with van der Waals surface area (Å²) >= 11 is 0. The molecule has 0 spiro atoms. The highest BCUT2D eigenvalue weighted by atomic mass is 16.5. The molecule has 3 nitrogen and oxygen atoms in total. The van der Waals surface area contributed by atoms with Gasteiger partial charge in [-0.1, -0.05) is 0 Å². The molecule has 0 bridgehead atoms. The van der Waals surface area contributed by atoms with Crippen LogP contribution in [0.2, 0.25) is 0 Å². The summed E-state index contributed by atoms with van der Waals surface area (Å²) in [7, 11) is 0. The molecule has 0 unspecified atom stereocenters. The van der Waals surface area contributed by atoms with E-state index >= 15 is 0 Å². The first-order valence-electron chi connectivity index (χ1n) is 4.92. The highest BCUT2D eigenvalue weighted by molar-refractivity contribution is 5.16. The first-order chi connectivity index (χ1) is 6.31. The molecule has 0 saturated carbocycles. The van der Waals surface area contributed by atoms with E-state index in [1.165, 1.54) is 0 Å². The highest BCUT2D eigenvalue weighted by Gasteiger charge is 2.34. The molecule has 0 aliphatic carbocycles. The van der Waals surface area contributed by atoms with Crippen LogP contribution in [0.3, 0.4) is 0 Å². The maximum Gasteiger partial charge on any atom is 0.0932 e. The van der Waals surface area contributed by atoms with Crippen molar-refractivity contribution in [3.05, 3.63) is 11.8 Å². The maximum atomic E-state index is 10.3. The van der Waals surface area contributed by atoms with Crippen LogP contribution in [0.25, 0.3) is 0 Å². The zero-order chi connectivity index (χ0) is 9.15. The fourth-order valence-electron chi connectivity index (χ4n) is 1.94. The van der Waals surface area contributed by atoms with E-state index in [-0.39, 0.29) is 0 Å². The Balaban J connectivity index is 2.07. The Morgan fingerprint density at radius 2 is 2.00 bits per heavy atom. The third-order valence-electron chi connectivity index (χ3n) is 2.85. The van der Waals surface area contributed by atoms with Gasteiger partial charge in [-0.15, -0.1) is 0 Å². The van der Waals surface area contributed by atoms with E-state index in [1.807, 2.05) is 0 Å². The highest BCUT2D eigenvalue weighted by Crippen LogP contribution is 2.32. The molecular formula is C10H16O3. The minimum absolute atomic E-state index is 0.640. The summed E-state index contributed by atoms with van der Waals surface area (Å²) in [4.78, 5) is 0. The van der Waals surface area contributed by atoms with Gasteiger partial charge in [0.05, 0.1) is 18.5 Å². The fourth-order valence-corrected chi connectivity index (χ4v) is 1.94. The second-order valence-corrected chi connectivity index (χ2v) is 3.76. The predicted molar refractivity (Wildman–Crippen MR) is 48.3 cm³/mol. The first-order valence-corrected chi connectivity index (χ1v) is 4.92. The lowest BCUT2D eigenvalue weighted by molar-refractivity contribution is -0.0450. The Labute approximate surface area is 78.3 Å². The molecule has 13 heavy (non-hydrogen) atoms. The molecule has 0 aromatic rings. The second-order valence-electron chi connectivity index (χ2n) is 3.76. The van der Waals surface area contributed by atoms with E-state index < -0.39 is 5.60 Å². The van der Waals surface area contributed by atoms with Gasteiger partial charge in [-0.25, -0.2) is 0 Å². The normalized spacial score (nSPS) is 27.6. The SMILES string of the molecule is OC1(C2=COCCC2)CCOCC1. The van der Waals surface area contributed by atoms with E-state index in [9.17, 15) is 5.11 Å². The summed E-state index contributed by atoms with van der Waals surface area (Å²) in [5, 5.41) is 10.3. The van der Waals surface area contributed by atoms with Crippen molar-refractivity contribution < 1.29 is 14.6 Å². The lowest BCUT2D eigenvalue weighted by Gasteiger charge is -2.35. The Bertz CT molecular complexity index is 204. The van der Waals surface area contributed by atoms with Crippen molar-refractivity contribution in [3.63, 3.8) is 0 Å². The van der Waals surface area contributed by atoms with Gasteiger partial charge in [-0.2, -0.15) is 0 Å². The summed E-state index contributed by atoms with van der Waals surface area (Å²) in [5.74, 6) is 0. The average Bonchev–Trinajstić information content (AvgIpc) is 2.20. The molecule has 1 saturated heterocycles. The van der Waals surface area contributed by atoms with Crippen LogP contribution < -0.4 is 0 Å². The zero-order valence-corrected chi connectivity index (χ0v) is 7.79. The van der Waals surface area contributed by atoms with Crippen LogP contribution in [0.1, 0.15) is 25.7 Å². The largest absolute Gasteiger partial charge is 0.501 e. The van der Waals surface area contributed by atoms with E-state index in [1.54, 1.807) is 6.26 Å². The van der Waals surface area contributed by atoms with Crippen LogP contribution in [-0.2, 0) is 9.47 Å². The van der Waals surface area contributed by atoms with Gasteiger partial charge in [-0.05, 0) is 18.4 Å². The van der Waals surface area contributed by atoms with Crippen LogP contribution in [0.5, 0.6) is 0 Å². The van der Waals surface area contributed by atoms with Crippen LogP contribution in [-0.4, -0.2) is 30.5 Å². The molecule has 3 heteroatoms. The van der Waals surface area contributed by atoms with Crippen molar-refractivity contribution >= 4 is 0 Å². The van der Waals surface area contributed by atoms with E-state index in [2.05, 4.69) is 0 Å². The molecular weight excluding hydrogens is 168 g/mol. The first kappa shape index (κ1) is 9.03. The Morgan fingerprint density at radius 3 is 2.62 bits per heavy atom. The molecule has 2 aliphatic rings. The Kier molecular flexibility index (Phi) is 2.56. The number of hydrogen-bond donors (Lipinski definition) is 1. The number of ether oxygens (including phenoxy) is 2. The quantitative estimate of drug-likeness (QED) is 0.666. The molecule has 0 atom stereocenters. The minimum Gasteiger partial charge on any atom is -0.501 e. The summed E-state index contributed by atoms with van der Waals surface area (Å²) in [5.41, 5.74) is 0.417. The molecule has 74 valence electrons. The zero-order valence-electron chi connectivity index (χ0n) is 7.79. The number of hydrogen-bond acceptors (Lipinski definition) is 3. The number of rotatable bonds is 1. The van der Waals surface area contributed by atoms with E-state index in [4.69, 9.17) is 9.47 Å². The lowest BCUT2D eigenvalue weighted by Crippen LogP contribution is -2.38. The third kappa shape index (κ3) is 1.86. The van der Waals surface area contributed by atoms with Crippen molar-refractivity contribution in [2.75, 3.05) is 19.8 Å². The van der Waals surface area contributed by atoms with Gasteiger partial charge in [0.15, 0.2) is 0 Å². The van der Waals surface area contributed by atoms with Crippen LogP contribution in [0.4, 0.5) is 0 Å². The summed E-state index contributed by atoms with van der Waals surface area (Å²) in [6.07, 6.45) is 5.16. The van der Waals surface area contributed by atoms with Gasteiger partial charge < -0.3 is 14.6 Å². The topological polar surface area (TPSA) is 38.7 Å². The van der Waals surface area contributed by atoms with Gasteiger partial charge in [0.2, 0.25) is 0 Å². The van der Waals surface area contributed by atoms with Gasteiger partial charge in [0, 0.05) is 26.1 Å². The monoisotopic (exact) mass is 184 g/mol. The molecule has 0 aromatic heterocycles. The van der Waals surface area contributed by atoms with E-state index in [0.29, 0.717) is 26.1 Å². The van der Waals surface area contributed by atoms with Gasteiger partial charge in [-0.3, -0.25) is 0 Å². The minimum atomic E-state index is -0.640. The van der Waals surface area contributed by atoms with Crippen molar-refractivity contribution in [2.24, 2.45) is 0 Å². The van der Waals surface area contributed by atoms with Crippen molar-refractivity contribution in [1.82, 2.24) is 0 Å². The third-order valence-corrected chi connectivity index (χ3v) is 2.85. The summed E-state index contributed by atoms with van der Waals surface area (Å²) in [6, 6.07) is 0. The second kappa shape index (κ2) is 3.68. The van der Waals surface area contributed by atoms with Crippen LogP contribution >= 0.6 is 0 Å². The number of aliphatic hydroxyl groups is 1. The molecule has 2 aliphatic heterocycles. The fraction of sp³-hybridized carbons (Fsp3) is 0.800. The predicted octanol–water partition coefficient (Wildman–Crippen LogP) is 1.22. The summed E-state index contributed by atoms with van der Waals surface area (Å²) in [6.45, 7) is 2.11. The van der Waals surface area contributed by atoms with Crippen molar-refractivity contribution in [1.29, 1.82) is 0 Å². The average molecular weight is 184 g/mol. The smallest absolute Gasteiger partial charge is 0.0932 e. The molecule has 0 aromatic carbocycles. The standard InChI is InChI=1S/C10H16O3/c11-10(3-6-12-7-4-10)9-2-1-5-13-8-9/h8,11H,1-7H2. The maximum absolute atomic E-state index is 10.3. The molecule has 2 rings (SSSR count). The molecule has 1 N–H and O–H groups in total. The molecule has 0 radical (unpaired) electrons. The van der Waals surface area contributed by atoms with Gasteiger partial charge >= 0.3 is 0 Å². The van der Waals surface area contributed by atoms with Crippen LogP contribution in [0, 0.1) is 0 Å². The van der Waals surface area contributed by atoms with Crippen molar-refractivity contribution in [3.8, 4) is 0 Å². The Morgan fingerprint density at radius 1 is 1.23 bits per heavy atom. The van der Waals surface area contributed by atoms with Gasteiger partial charge in [0.1, 0.15) is 0 Å². The van der Waals surface area contributed by atoms with E-state index in [0.717, 1.165) is 25.0 Å². The molecule has 1 fully saturated rings. The molecule has 2 heterocycles. The van der Waals surface area contributed by atoms with Crippen LogP contribution in [0.15, 0.2) is 11.8 Å². The van der Waals surface area contributed by atoms with Crippen molar-refractivity contribution in [2.45, 2.75) is 31.3 Å². The summed E-state index contributed by atoms with van der Waals surface area (Å²) < 4.78 is 10.5. The lowest BCUT2D eigenvalue weighted by atomic mass is 9.84. The Hall–Kier alpha value is -0.540. The molecule has 0 amide bonds. The van der Waals surface area contributed by atoms with Gasteiger partial charge in [0.25, 0.3) is 0 Å².